The van der Waals surface area contributed by atoms with Gasteiger partial charge in [-0.25, -0.2) is 0 Å². The van der Waals surface area contributed by atoms with Gasteiger partial charge in [-0.15, -0.1) is 12.6 Å². The summed E-state index contributed by atoms with van der Waals surface area (Å²) in [4.78, 5) is 24.9. The van der Waals surface area contributed by atoms with Crippen molar-refractivity contribution in [3.05, 3.63) is 28.2 Å². The minimum atomic E-state index is -0.384. The number of Topliss-reactive ketones (excluding diaryl/α,β-unsaturated/α-hetero) is 2. The van der Waals surface area contributed by atoms with Crippen LogP contribution in [-0.4, -0.2) is 17.4 Å². The van der Waals surface area contributed by atoms with Gasteiger partial charge in [-0.1, -0.05) is 12.2 Å². The Morgan fingerprint density at radius 3 is 2.37 bits per heavy atom. The minimum absolute atomic E-state index is 0.0171. The summed E-state index contributed by atoms with van der Waals surface area (Å²) < 4.78 is 0. The maximum atomic E-state index is 12.5. The van der Waals surface area contributed by atoms with Gasteiger partial charge in [0.2, 0.25) is 0 Å². The number of rotatable bonds is 1. The molecule has 4 unspecified atom stereocenters. The lowest BCUT2D eigenvalue weighted by Gasteiger charge is -2.31. The maximum absolute atomic E-state index is 12.5. The van der Waals surface area contributed by atoms with Crippen LogP contribution in [-0.2, 0) is 9.59 Å². The normalized spacial score (nSPS) is 35.2. The largest absolute Gasteiger partial charge is 0.294 e. The number of carbonyl (C=O) groups excluding carboxylic acids is 2. The van der Waals surface area contributed by atoms with Crippen molar-refractivity contribution in [1.82, 2.24) is 0 Å². The molecule has 1 saturated carbocycles. The topological polar surface area (TPSA) is 81.8 Å². The van der Waals surface area contributed by atoms with Gasteiger partial charge in [-0.3, -0.25) is 15.0 Å². The maximum Gasteiger partial charge on any atom is 0.174 e. The Labute approximate surface area is 115 Å². The standard InChI is InChI=1S/C14H10N2O2S/c15-4-8(5-16)11-12(17)9-6-1-2-7(3-6)10(9)13(18)14(11)19/h1-2,6-7,9-10,15,19H,3H2. The van der Waals surface area contributed by atoms with Gasteiger partial charge < -0.3 is 0 Å². The fraction of sp³-hybridized carbons (Fsp3) is 0.357. The first-order valence-corrected chi connectivity index (χ1v) is 6.45. The van der Waals surface area contributed by atoms with Gasteiger partial charge >= 0.3 is 0 Å². The van der Waals surface area contributed by atoms with Crippen molar-refractivity contribution >= 4 is 30.1 Å². The number of nitrogens with zero attached hydrogens (tertiary/aromatic N) is 1. The van der Waals surface area contributed by atoms with Crippen molar-refractivity contribution in [3.63, 3.8) is 0 Å². The van der Waals surface area contributed by atoms with Crippen LogP contribution in [0, 0.1) is 40.4 Å². The Morgan fingerprint density at radius 2 is 1.84 bits per heavy atom. The van der Waals surface area contributed by atoms with E-state index < -0.39 is 0 Å². The zero-order valence-corrected chi connectivity index (χ0v) is 10.8. The molecular formula is C14H10N2O2S. The van der Waals surface area contributed by atoms with E-state index in [1.165, 1.54) is 0 Å². The first-order chi connectivity index (χ1) is 9.10. The molecule has 0 aromatic rings. The minimum Gasteiger partial charge on any atom is -0.294 e. The van der Waals surface area contributed by atoms with Gasteiger partial charge in [0.1, 0.15) is 11.6 Å². The van der Waals surface area contributed by atoms with Crippen LogP contribution >= 0.6 is 12.6 Å². The number of nitriles is 1. The molecule has 3 aliphatic rings. The molecule has 4 atom stereocenters. The van der Waals surface area contributed by atoms with E-state index in [0.29, 0.717) is 0 Å². The van der Waals surface area contributed by atoms with Crippen LogP contribution in [0.2, 0.25) is 0 Å². The van der Waals surface area contributed by atoms with Crippen LogP contribution in [0.5, 0.6) is 0 Å². The van der Waals surface area contributed by atoms with Crippen molar-refractivity contribution in [2.75, 3.05) is 0 Å². The highest BCUT2D eigenvalue weighted by Crippen LogP contribution is 2.53. The molecule has 0 aliphatic heterocycles. The second-order valence-electron chi connectivity index (χ2n) is 5.06. The van der Waals surface area contributed by atoms with Crippen LogP contribution < -0.4 is 0 Å². The Bertz CT molecular complexity index is 661. The quantitative estimate of drug-likeness (QED) is 0.327. The molecular weight excluding hydrogens is 260 g/mol. The third-order valence-electron chi connectivity index (χ3n) is 4.27. The second-order valence-corrected chi connectivity index (χ2v) is 5.51. The molecule has 1 N–H and O–H groups in total. The van der Waals surface area contributed by atoms with Crippen LogP contribution in [0.1, 0.15) is 6.42 Å². The van der Waals surface area contributed by atoms with Gasteiger partial charge in [0, 0.05) is 11.8 Å². The summed E-state index contributed by atoms with van der Waals surface area (Å²) in [6.07, 6.45) is 4.80. The highest BCUT2D eigenvalue weighted by Gasteiger charge is 2.55. The molecule has 0 spiro atoms. The van der Waals surface area contributed by atoms with Crippen molar-refractivity contribution in [3.8, 4) is 6.07 Å². The number of hydrogen-bond donors (Lipinski definition) is 2. The molecule has 94 valence electrons. The number of ketones is 2. The van der Waals surface area contributed by atoms with E-state index in [2.05, 4.69) is 12.6 Å². The van der Waals surface area contributed by atoms with Crippen molar-refractivity contribution in [2.24, 2.45) is 23.7 Å². The number of carbonyl (C=O) groups is 2. The summed E-state index contributed by atoms with van der Waals surface area (Å²) in [5.41, 5.74) is -0.221. The Hall–Kier alpha value is -1.89. The summed E-state index contributed by atoms with van der Waals surface area (Å²) in [5.74, 6) is 1.00. The van der Waals surface area contributed by atoms with E-state index in [0.717, 1.165) is 6.42 Å². The van der Waals surface area contributed by atoms with Crippen LogP contribution in [0.3, 0.4) is 0 Å². The number of fused-ring (bicyclic) bond motifs is 5. The monoisotopic (exact) mass is 270 g/mol. The number of hydrogen-bond acceptors (Lipinski definition) is 5. The molecule has 0 amide bonds. The smallest absolute Gasteiger partial charge is 0.174 e. The van der Waals surface area contributed by atoms with Crippen LogP contribution in [0.15, 0.2) is 28.2 Å². The van der Waals surface area contributed by atoms with Gasteiger partial charge in [0.05, 0.1) is 10.5 Å². The second kappa shape index (κ2) is 4.06. The molecule has 3 rings (SSSR count). The molecule has 1 fully saturated rings. The number of thiol groups is 1. The van der Waals surface area contributed by atoms with Gasteiger partial charge in [0.25, 0.3) is 0 Å². The van der Waals surface area contributed by atoms with Crippen molar-refractivity contribution in [1.29, 1.82) is 10.7 Å². The predicted octanol–water partition coefficient (Wildman–Crippen LogP) is 1.46. The van der Waals surface area contributed by atoms with Crippen molar-refractivity contribution in [2.45, 2.75) is 6.42 Å². The molecule has 0 heterocycles. The number of allylic oxidation sites excluding steroid dienone is 5. The van der Waals surface area contributed by atoms with E-state index >= 15 is 0 Å². The summed E-state index contributed by atoms with van der Waals surface area (Å²) in [6, 6.07) is 1.75. The Kier molecular flexibility index (Phi) is 2.60. The van der Waals surface area contributed by atoms with E-state index in [-0.39, 0.29) is 51.3 Å². The average Bonchev–Trinajstić information content (AvgIpc) is 3.01. The highest BCUT2D eigenvalue weighted by atomic mass is 32.1. The summed E-state index contributed by atoms with van der Waals surface area (Å²) in [5, 5.41) is 16.0. The fourth-order valence-electron chi connectivity index (χ4n) is 3.49. The summed E-state index contributed by atoms with van der Waals surface area (Å²) in [7, 11) is 0. The first kappa shape index (κ1) is 12.2. The lowest BCUT2D eigenvalue weighted by Crippen LogP contribution is -2.39. The summed E-state index contributed by atoms with van der Waals surface area (Å²) in [6.45, 7) is 0. The van der Waals surface area contributed by atoms with E-state index in [1.807, 2.05) is 18.0 Å². The lowest BCUT2D eigenvalue weighted by molar-refractivity contribution is -0.130. The summed E-state index contributed by atoms with van der Waals surface area (Å²) >= 11 is 4.12. The number of nitrogens with one attached hydrogen (secondary N) is 1. The molecule has 19 heavy (non-hydrogen) atoms. The third-order valence-corrected chi connectivity index (χ3v) is 4.71. The average molecular weight is 270 g/mol. The molecule has 2 bridgehead atoms. The molecule has 0 aromatic carbocycles. The first-order valence-electron chi connectivity index (χ1n) is 6.00. The molecule has 0 radical (unpaired) electrons. The van der Waals surface area contributed by atoms with Gasteiger partial charge in [-0.05, 0) is 24.1 Å². The Morgan fingerprint density at radius 1 is 1.26 bits per heavy atom. The third kappa shape index (κ3) is 1.45. The van der Waals surface area contributed by atoms with Gasteiger partial charge in [0.15, 0.2) is 11.6 Å². The zero-order chi connectivity index (χ0) is 13.7. The van der Waals surface area contributed by atoms with E-state index in [9.17, 15) is 9.59 Å². The lowest BCUT2D eigenvalue weighted by atomic mass is 9.71. The van der Waals surface area contributed by atoms with Crippen LogP contribution in [0.4, 0.5) is 0 Å². The molecule has 0 saturated heterocycles. The van der Waals surface area contributed by atoms with Crippen molar-refractivity contribution < 1.29 is 9.59 Å². The fourth-order valence-corrected chi connectivity index (χ4v) is 3.86. The molecule has 4 nitrogen and oxygen atoms in total. The highest BCUT2D eigenvalue weighted by molar-refractivity contribution is 7.85. The van der Waals surface area contributed by atoms with Gasteiger partial charge in [-0.2, -0.15) is 5.26 Å². The molecule has 0 aromatic heterocycles. The zero-order valence-electron chi connectivity index (χ0n) is 9.88. The SMILES string of the molecule is N#CC(=C=N)C1=C(S)C(=O)C2C3C=CC(C3)C2C1=O. The van der Waals surface area contributed by atoms with E-state index in [4.69, 9.17) is 10.7 Å². The van der Waals surface area contributed by atoms with Crippen LogP contribution in [0.25, 0.3) is 0 Å². The molecule has 3 aliphatic carbocycles. The Balaban J connectivity index is 2.16. The predicted molar refractivity (Wildman–Crippen MR) is 70.6 cm³/mol. The van der Waals surface area contributed by atoms with E-state index in [1.54, 1.807) is 6.07 Å². The molecule has 5 heteroatoms.